The van der Waals surface area contributed by atoms with Crippen LogP contribution < -0.4 is 14.2 Å². The number of phenolic OH excluding ortho intramolecular Hbond substituents is 3. The molecule has 3 N–H and O–H groups in total. The first-order chi connectivity index (χ1) is 11.1. The Morgan fingerprint density at radius 3 is 2.48 bits per heavy atom. The molecule has 0 aromatic heterocycles. The van der Waals surface area contributed by atoms with Gasteiger partial charge in [-0.2, -0.15) is 0 Å². The number of hydrogen-bond acceptors (Lipinski definition) is 6. The summed E-state index contributed by atoms with van der Waals surface area (Å²) in [6.45, 7) is 0.298. The SMILES string of the molecule is COc1ccc([C@H]2COc3c(ccc(O)c3O)C2)c(OC)c1O. The summed E-state index contributed by atoms with van der Waals surface area (Å²) in [5.41, 5.74) is 1.58. The molecule has 0 spiro atoms. The molecule has 23 heavy (non-hydrogen) atoms. The fraction of sp³-hybridized carbons (Fsp3) is 0.294. The third-order valence-corrected chi connectivity index (χ3v) is 4.08. The molecule has 1 aliphatic rings. The van der Waals surface area contributed by atoms with Crippen molar-refractivity contribution in [3.63, 3.8) is 0 Å². The molecule has 0 bridgehead atoms. The molecule has 1 atom stereocenters. The van der Waals surface area contributed by atoms with Crippen molar-refractivity contribution >= 4 is 0 Å². The Morgan fingerprint density at radius 1 is 1.00 bits per heavy atom. The molecule has 122 valence electrons. The molecular weight excluding hydrogens is 300 g/mol. The second-order valence-corrected chi connectivity index (χ2v) is 5.37. The maximum absolute atomic E-state index is 10.2. The number of rotatable bonds is 3. The minimum Gasteiger partial charge on any atom is -0.504 e. The first-order valence-corrected chi connectivity index (χ1v) is 7.17. The van der Waals surface area contributed by atoms with Gasteiger partial charge in [0.2, 0.25) is 11.5 Å². The van der Waals surface area contributed by atoms with Crippen LogP contribution in [0.3, 0.4) is 0 Å². The molecule has 0 radical (unpaired) electrons. The van der Waals surface area contributed by atoms with Crippen LogP contribution in [0.15, 0.2) is 24.3 Å². The fourth-order valence-corrected chi connectivity index (χ4v) is 2.90. The van der Waals surface area contributed by atoms with Gasteiger partial charge >= 0.3 is 0 Å². The van der Waals surface area contributed by atoms with Crippen LogP contribution in [-0.4, -0.2) is 36.1 Å². The lowest BCUT2D eigenvalue weighted by Gasteiger charge is -2.27. The van der Waals surface area contributed by atoms with Crippen LogP contribution >= 0.6 is 0 Å². The van der Waals surface area contributed by atoms with Crippen LogP contribution in [0.2, 0.25) is 0 Å². The first-order valence-electron chi connectivity index (χ1n) is 7.17. The van der Waals surface area contributed by atoms with E-state index in [9.17, 15) is 15.3 Å². The number of methoxy groups -OCH3 is 2. The van der Waals surface area contributed by atoms with Gasteiger partial charge < -0.3 is 29.5 Å². The Labute approximate surface area is 133 Å². The van der Waals surface area contributed by atoms with Gasteiger partial charge in [0.1, 0.15) is 0 Å². The van der Waals surface area contributed by atoms with E-state index < -0.39 is 0 Å². The zero-order valence-electron chi connectivity index (χ0n) is 12.9. The van der Waals surface area contributed by atoms with E-state index in [0.717, 1.165) is 11.1 Å². The van der Waals surface area contributed by atoms with Gasteiger partial charge in [-0.05, 0) is 24.1 Å². The van der Waals surface area contributed by atoms with E-state index in [4.69, 9.17) is 14.2 Å². The number of fused-ring (bicyclic) bond motifs is 1. The van der Waals surface area contributed by atoms with Gasteiger partial charge in [0.15, 0.2) is 23.0 Å². The fourth-order valence-electron chi connectivity index (χ4n) is 2.90. The summed E-state index contributed by atoms with van der Waals surface area (Å²) in [6.07, 6.45) is 0.589. The molecule has 1 aliphatic heterocycles. The molecule has 2 aromatic carbocycles. The highest BCUT2D eigenvalue weighted by Gasteiger charge is 2.28. The Hall–Kier alpha value is -2.76. The zero-order valence-corrected chi connectivity index (χ0v) is 12.9. The molecule has 0 aliphatic carbocycles. The van der Waals surface area contributed by atoms with E-state index in [2.05, 4.69) is 0 Å². The molecule has 0 saturated carbocycles. The maximum Gasteiger partial charge on any atom is 0.201 e. The van der Waals surface area contributed by atoms with Crippen molar-refractivity contribution in [2.24, 2.45) is 0 Å². The second kappa shape index (κ2) is 5.79. The van der Waals surface area contributed by atoms with Crippen molar-refractivity contribution in [1.29, 1.82) is 0 Å². The average Bonchev–Trinajstić information content (AvgIpc) is 2.57. The number of ether oxygens (including phenoxy) is 3. The number of benzene rings is 2. The smallest absolute Gasteiger partial charge is 0.201 e. The average molecular weight is 318 g/mol. The lowest BCUT2D eigenvalue weighted by Crippen LogP contribution is -2.20. The third-order valence-electron chi connectivity index (χ3n) is 4.08. The number of phenols is 3. The van der Waals surface area contributed by atoms with Crippen molar-refractivity contribution in [1.82, 2.24) is 0 Å². The molecule has 0 fully saturated rings. The molecule has 0 saturated heterocycles. The van der Waals surface area contributed by atoms with Gasteiger partial charge in [0.25, 0.3) is 0 Å². The molecule has 1 heterocycles. The lowest BCUT2D eigenvalue weighted by molar-refractivity contribution is 0.242. The minimum absolute atomic E-state index is 0.0492. The first kappa shape index (κ1) is 15.1. The highest BCUT2D eigenvalue weighted by Crippen LogP contribution is 2.47. The van der Waals surface area contributed by atoms with E-state index in [0.29, 0.717) is 30.3 Å². The van der Waals surface area contributed by atoms with Gasteiger partial charge in [0, 0.05) is 11.5 Å². The van der Waals surface area contributed by atoms with Crippen LogP contribution in [0.25, 0.3) is 0 Å². The summed E-state index contributed by atoms with van der Waals surface area (Å²) >= 11 is 0. The van der Waals surface area contributed by atoms with Gasteiger partial charge in [-0.15, -0.1) is 0 Å². The van der Waals surface area contributed by atoms with E-state index in [-0.39, 0.29) is 23.2 Å². The standard InChI is InChI=1S/C17H18O6/c1-21-13-6-4-11(17(22-2)15(13)20)10-7-9-3-5-12(18)14(19)16(9)23-8-10/h3-6,10,18-20H,7-8H2,1-2H3/t10-/m1/s1. The van der Waals surface area contributed by atoms with Crippen molar-refractivity contribution in [3.05, 3.63) is 35.4 Å². The third kappa shape index (κ3) is 2.46. The molecule has 6 heteroatoms. The molecule has 0 unspecified atom stereocenters. The van der Waals surface area contributed by atoms with Crippen LogP contribution in [0.5, 0.6) is 34.5 Å². The van der Waals surface area contributed by atoms with Crippen molar-refractivity contribution in [3.8, 4) is 34.5 Å². The largest absolute Gasteiger partial charge is 0.504 e. The van der Waals surface area contributed by atoms with E-state index in [1.807, 2.05) is 6.07 Å². The Morgan fingerprint density at radius 2 is 1.78 bits per heavy atom. The summed E-state index contributed by atoms with van der Waals surface area (Å²) in [4.78, 5) is 0. The maximum atomic E-state index is 10.2. The van der Waals surface area contributed by atoms with Crippen molar-refractivity contribution in [2.45, 2.75) is 12.3 Å². The lowest BCUT2D eigenvalue weighted by atomic mass is 9.89. The van der Waals surface area contributed by atoms with E-state index >= 15 is 0 Å². The monoisotopic (exact) mass is 318 g/mol. The quantitative estimate of drug-likeness (QED) is 0.754. The normalized spacial score (nSPS) is 16.3. The highest BCUT2D eigenvalue weighted by atomic mass is 16.5. The molecule has 6 nitrogen and oxygen atoms in total. The Kier molecular flexibility index (Phi) is 3.82. The van der Waals surface area contributed by atoms with Crippen molar-refractivity contribution in [2.75, 3.05) is 20.8 Å². The molecule has 0 amide bonds. The Balaban J connectivity index is 1.98. The van der Waals surface area contributed by atoms with Crippen LogP contribution in [0.1, 0.15) is 17.0 Å². The molecule has 2 aromatic rings. The zero-order chi connectivity index (χ0) is 16.6. The molecule has 3 rings (SSSR count). The summed E-state index contributed by atoms with van der Waals surface area (Å²) in [7, 11) is 2.96. The predicted octanol–water partition coefficient (Wildman–Crippen LogP) is 2.54. The number of aromatic hydroxyl groups is 3. The summed E-state index contributed by atoms with van der Waals surface area (Å²) in [6, 6.07) is 6.66. The van der Waals surface area contributed by atoms with Crippen molar-refractivity contribution < 1.29 is 29.5 Å². The van der Waals surface area contributed by atoms with E-state index in [1.165, 1.54) is 20.3 Å². The number of hydrogen-bond donors (Lipinski definition) is 3. The minimum atomic E-state index is -0.245. The second-order valence-electron chi connectivity index (χ2n) is 5.37. The van der Waals surface area contributed by atoms with Gasteiger partial charge in [-0.1, -0.05) is 12.1 Å². The summed E-state index contributed by atoms with van der Waals surface area (Å²) in [5, 5.41) is 29.6. The van der Waals surface area contributed by atoms with Crippen LogP contribution in [-0.2, 0) is 6.42 Å². The van der Waals surface area contributed by atoms with Gasteiger partial charge in [-0.25, -0.2) is 0 Å². The summed E-state index contributed by atoms with van der Waals surface area (Å²) in [5.74, 6) is 0.435. The van der Waals surface area contributed by atoms with Gasteiger partial charge in [0.05, 0.1) is 20.8 Å². The van der Waals surface area contributed by atoms with Crippen LogP contribution in [0, 0.1) is 0 Å². The predicted molar refractivity (Wildman–Crippen MR) is 82.9 cm³/mol. The van der Waals surface area contributed by atoms with E-state index in [1.54, 1.807) is 12.1 Å². The van der Waals surface area contributed by atoms with Gasteiger partial charge in [-0.3, -0.25) is 0 Å². The van der Waals surface area contributed by atoms with Crippen LogP contribution in [0.4, 0.5) is 0 Å². The summed E-state index contributed by atoms with van der Waals surface area (Å²) < 4.78 is 16.0. The highest BCUT2D eigenvalue weighted by molar-refractivity contribution is 5.58. The topological polar surface area (TPSA) is 88.4 Å². The Bertz CT molecular complexity index is 740. The molecular formula is C17H18O6.